The van der Waals surface area contributed by atoms with Crippen LogP contribution in [0.25, 0.3) is 5.69 Å². The molecule has 6 nitrogen and oxygen atoms in total. The van der Waals surface area contributed by atoms with E-state index in [0.717, 1.165) is 16.1 Å². The van der Waals surface area contributed by atoms with Crippen LogP contribution < -0.4 is 9.47 Å². The molecule has 0 aliphatic rings. The van der Waals surface area contributed by atoms with Crippen molar-refractivity contribution in [1.82, 2.24) is 4.57 Å². The number of benzene rings is 1. The van der Waals surface area contributed by atoms with E-state index in [9.17, 15) is 10.0 Å². The summed E-state index contributed by atoms with van der Waals surface area (Å²) in [5.41, 5.74) is 2.32. The number of carboxylic acids is 1. The first-order valence-electron chi connectivity index (χ1n) is 5.72. The van der Waals surface area contributed by atoms with Crippen LogP contribution in [0.1, 0.15) is 11.4 Å². The third-order valence-corrected chi connectivity index (χ3v) is 2.91. The Balaban J connectivity index is 2.22. The predicted molar refractivity (Wildman–Crippen MR) is 67.3 cm³/mol. The quantitative estimate of drug-likeness (QED) is 0.663. The minimum Gasteiger partial charge on any atom is -0.711 e. The lowest BCUT2D eigenvalue weighted by Crippen LogP contribution is -2.26. The normalized spacial score (nSPS) is 10.4. The molecule has 0 amide bonds. The third kappa shape index (κ3) is 2.67. The Morgan fingerprint density at radius 1 is 1.37 bits per heavy atom. The molecule has 19 heavy (non-hydrogen) atoms. The topological polar surface area (TPSA) is 78.4 Å². The molecule has 0 saturated carbocycles. The van der Waals surface area contributed by atoms with Crippen LogP contribution in [0.5, 0.6) is 5.75 Å². The predicted octanol–water partition coefficient (Wildman–Crippen LogP) is 1.19. The first kappa shape index (κ1) is 12.9. The van der Waals surface area contributed by atoms with Crippen molar-refractivity contribution < 1.29 is 19.4 Å². The molecule has 2 aromatic rings. The van der Waals surface area contributed by atoms with Gasteiger partial charge in [-0.2, -0.15) is 4.57 Å². The van der Waals surface area contributed by atoms with E-state index in [-0.39, 0.29) is 6.61 Å². The van der Waals surface area contributed by atoms with Gasteiger partial charge in [-0.05, 0) is 24.3 Å². The standard InChI is InChI=1S/C13H14N2O4/c1-9-10(2)15(18)8-14(9)11-3-5-12(6-4-11)19-7-13(16)17/h3-6,8H,7H2,1-2H3,(H,16,17). The molecule has 0 aliphatic carbocycles. The highest BCUT2D eigenvalue weighted by Gasteiger charge is 2.13. The second-order valence-electron chi connectivity index (χ2n) is 4.16. The van der Waals surface area contributed by atoms with Gasteiger partial charge >= 0.3 is 5.97 Å². The summed E-state index contributed by atoms with van der Waals surface area (Å²) >= 11 is 0. The number of carboxylic acid groups (broad SMARTS) is 1. The van der Waals surface area contributed by atoms with Gasteiger partial charge in [0.25, 0.3) is 6.33 Å². The fourth-order valence-electron chi connectivity index (χ4n) is 1.72. The van der Waals surface area contributed by atoms with Crippen molar-refractivity contribution in [3.8, 4) is 11.4 Å². The van der Waals surface area contributed by atoms with Gasteiger partial charge in [0, 0.05) is 13.8 Å². The van der Waals surface area contributed by atoms with Gasteiger partial charge in [0.05, 0.1) is 0 Å². The summed E-state index contributed by atoms with van der Waals surface area (Å²) in [5.74, 6) is -0.545. The van der Waals surface area contributed by atoms with Gasteiger partial charge in [-0.1, -0.05) is 0 Å². The number of imidazole rings is 1. The number of rotatable bonds is 4. The highest BCUT2D eigenvalue weighted by Crippen LogP contribution is 2.17. The number of hydrogen-bond acceptors (Lipinski definition) is 3. The van der Waals surface area contributed by atoms with Crippen molar-refractivity contribution in [1.29, 1.82) is 0 Å². The maximum absolute atomic E-state index is 11.5. The fourth-order valence-corrected chi connectivity index (χ4v) is 1.72. The van der Waals surface area contributed by atoms with E-state index in [4.69, 9.17) is 9.84 Å². The Hall–Kier alpha value is -2.50. The SMILES string of the molecule is Cc1c(C)[n+]([O-])cn1-c1ccc(OCC(=O)O)cc1. The molecular formula is C13H14N2O4. The van der Waals surface area contributed by atoms with Gasteiger partial charge < -0.3 is 15.1 Å². The molecule has 0 fully saturated rings. The zero-order valence-electron chi connectivity index (χ0n) is 10.7. The van der Waals surface area contributed by atoms with Gasteiger partial charge in [-0.3, -0.25) is 0 Å². The smallest absolute Gasteiger partial charge is 0.341 e. The van der Waals surface area contributed by atoms with E-state index in [1.807, 2.05) is 6.92 Å². The lowest BCUT2D eigenvalue weighted by molar-refractivity contribution is -0.611. The first-order valence-corrected chi connectivity index (χ1v) is 5.72. The molecule has 0 saturated heterocycles. The molecule has 0 radical (unpaired) electrons. The molecule has 1 aromatic carbocycles. The second-order valence-corrected chi connectivity index (χ2v) is 4.16. The summed E-state index contributed by atoms with van der Waals surface area (Å²) in [4.78, 5) is 10.4. The number of aromatic nitrogens is 2. The van der Waals surface area contributed by atoms with Gasteiger partial charge in [-0.25, -0.2) is 9.52 Å². The maximum atomic E-state index is 11.5. The van der Waals surface area contributed by atoms with E-state index in [2.05, 4.69) is 0 Å². The van der Waals surface area contributed by atoms with Crippen molar-refractivity contribution in [2.45, 2.75) is 13.8 Å². The van der Waals surface area contributed by atoms with Crippen LogP contribution in [0.3, 0.4) is 0 Å². The van der Waals surface area contributed by atoms with Crippen LogP contribution in [0, 0.1) is 19.1 Å². The Morgan fingerprint density at radius 2 is 2.00 bits per heavy atom. The molecule has 1 heterocycles. The zero-order valence-corrected chi connectivity index (χ0v) is 10.7. The Morgan fingerprint density at radius 3 is 2.47 bits per heavy atom. The molecular weight excluding hydrogens is 248 g/mol. The summed E-state index contributed by atoms with van der Waals surface area (Å²) in [5, 5.41) is 20.0. The fraction of sp³-hybridized carbons (Fsp3) is 0.231. The van der Waals surface area contributed by atoms with E-state index in [0.29, 0.717) is 11.4 Å². The van der Waals surface area contributed by atoms with Crippen LogP contribution in [0.15, 0.2) is 30.6 Å². The van der Waals surface area contributed by atoms with Crippen LogP contribution >= 0.6 is 0 Å². The summed E-state index contributed by atoms with van der Waals surface area (Å²) in [6.45, 7) is 3.24. The van der Waals surface area contributed by atoms with E-state index < -0.39 is 5.97 Å². The summed E-state index contributed by atoms with van der Waals surface area (Å²) < 4.78 is 7.62. The molecule has 0 spiro atoms. The lowest BCUT2D eigenvalue weighted by Gasteiger charge is -2.03. The van der Waals surface area contributed by atoms with Gasteiger partial charge in [-0.15, -0.1) is 0 Å². The highest BCUT2D eigenvalue weighted by molar-refractivity contribution is 5.68. The first-order chi connectivity index (χ1) is 8.99. The highest BCUT2D eigenvalue weighted by atomic mass is 16.5. The molecule has 0 bridgehead atoms. The summed E-state index contributed by atoms with van der Waals surface area (Å²) in [7, 11) is 0. The molecule has 2 rings (SSSR count). The van der Waals surface area contributed by atoms with Crippen LogP contribution in [0.4, 0.5) is 0 Å². The third-order valence-electron chi connectivity index (χ3n) is 2.91. The molecule has 0 atom stereocenters. The average molecular weight is 262 g/mol. The Kier molecular flexibility index (Phi) is 3.41. The molecule has 1 aromatic heterocycles. The van der Waals surface area contributed by atoms with Gasteiger partial charge in [0.15, 0.2) is 6.61 Å². The summed E-state index contributed by atoms with van der Waals surface area (Å²) in [6, 6.07) is 6.87. The average Bonchev–Trinajstić information content (AvgIpc) is 2.65. The van der Waals surface area contributed by atoms with Gasteiger partial charge in [0.2, 0.25) is 0 Å². The lowest BCUT2D eigenvalue weighted by atomic mass is 10.3. The Bertz CT molecular complexity index is 602. The van der Waals surface area contributed by atoms with Crippen LogP contribution in [0.2, 0.25) is 0 Å². The van der Waals surface area contributed by atoms with Crippen molar-refractivity contribution in [3.63, 3.8) is 0 Å². The molecule has 0 unspecified atom stereocenters. The number of carbonyl (C=O) groups is 1. The number of hydrogen-bond donors (Lipinski definition) is 1. The monoisotopic (exact) mass is 262 g/mol. The number of nitrogens with zero attached hydrogens (tertiary/aromatic N) is 2. The van der Waals surface area contributed by atoms with E-state index in [1.165, 1.54) is 6.33 Å². The van der Waals surface area contributed by atoms with Crippen molar-refractivity contribution in [2.75, 3.05) is 6.61 Å². The minimum absolute atomic E-state index is 0.373. The zero-order chi connectivity index (χ0) is 14.0. The largest absolute Gasteiger partial charge is 0.711 e. The molecule has 1 N–H and O–H groups in total. The summed E-state index contributed by atoms with van der Waals surface area (Å²) in [6.07, 6.45) is 1.46. The molecule has 6 heteroatoms. The van der Waals surface area contributed by atoms with Gasteiger partial charge in [0.1, 0.15) is 22.8 Å². The van der Waals surface area contributed by atoms with Crippen LogP contribution in [-0.4, -0.2) is 22.2 Å². The minimum atomic E-state index is -1.02. The van der Waals surface area contributed by atoms with E-state index in [1.54, 1.807) is 35.8 Å². The molecule has 0 aliphatic heterocycles. The van der Waals surface area contributed by atoms with Crippen molar-refractivity contribution in [3.05, 3.63) is 47.2 Å². The molecule has 100 valence electrons. The van der Waals surface area contributed by atoms with E-state index >= 15 is 0 Å². The van der Waals surface area contributed by atoms with Crippen molar-refractivity contribution >= 4 is 5.97 Å². The maximum Gasteiger partial charge on any atom is 0.341 e. The van der Waals surface area contributed by atoms with Crippen LogP contribution in [-0.2, 0) is 4.79 Å². The Labute approximate surface area is 110 Å². The van der Waals surface area contributed by atoms with Crippen molar-refractivity contribution in [2.24, 2.45) is 0 Å². The number of ether oxygens (including phenoxy) is 1. The second kappa shape index (κ2) is 5.01. The number of aliphatic carboxylic acids is 1.